The Labute approximate surface area is 198 Å². The van der Waals surface area contributed by atoms with Crippen LogP contribution in [0.1, 0.15) is 38.7 Å². The predicted octanol–water partition coefficient (Wildman–Crippen LogP) is 7.90. The van der Waals surface area contributed by atoms with E-state index in [2.05, 4.69) is 58.0 Å². The van der Waals surface area contributed by atoms with Crippen molar-refractivity contribution in [3.8, 4) is 22.9 Å². The zero-order chi connectivity index (χ0) is 22.6. The van der Waals surface area contributed by atoms with Crippen molar-refractivity contribution in [3.05, 3.63) is 51.8 Å². The van der Waals surface area contributed by atoms with Crippen LogP contribution in [-0.4, -0.2) is 21.8 Å². The van der Waals surface area contributed by atoms with Crippen LogP contribution in [0.2, 0.25) is 0 Å². The molecule has 4 aromatic rings. The average molecular weight is 511 g/mol. The molecule has 0 aliphatic carbocycles. The van der Waals surface area contributed by atoms with E-state index >= 15 is 0 Å². The number of ether oxygens (including phenoxy) is 1. The molecule has 5 rings (SSSR count). The van der Waals surface area contributed by atoms with Gasteiger partial charge in [-0.2, -0.15) is 0 Å². The molecular weight excluding hydrogens is 488 g/mol. The maximum atomic E-state index is 11.2. The summed E-state index contributed by atoms with van der Waals surface area (Å²) in [6, 6.07) is 12.0. The summed E-state index contributed by atoms with van der Waals surface area (Å²) in [5.41, 5.74) is 4.22. The minimum absolute atomic E-state index is 0.125. The number of hydrogen-bond donors (Lipinski definition) is 1. The third-order valence-electron chi connectivity index (χ3n) is 6.06. The number of halogens is 1. The molecule has 6 nitrogen and oxygen atoms in total. The van der Waals surface area contributed by atoms with Crippen LogP contribution in [0.15, 0.2) is 56.5 Å². The average Bonchev–Trinajstić information content (AvgIpc) is 3.33. The second-order valence-corrected chi connectivity index (χ2v) is 10.5. The van der Waals surface area contributed by atoms with Crippen molar-refractivity contribution in [1.82, 2.24) is 9.55 Å². The van der Waals surface area contributed by atoms with E-state index < -0.39 is 0 Å². The smallest absolute Gasteiger partial charge is 0.230 e. The van der Waals surface area contributed by atoms with Gasteiger partial charge in [0.25, 0.3) is 0 Å². The fourth-order valence-corrected chi connectivity index (χ4v) is 5.59. The van der Waals surface area contributed by atoms with Gasteiger partial charge in [-0.05, 0) is 56.0 Å². The van der Waals surface area contributed by atoms with Crippen molar-refractivity contribution in [1.29, 1.82) is 0 Å². The van der Waals surface area contributed by atoms with Gasteiger partial charge in [-0.25, -0.2) is 4.98 Å². The van der Waals surface area contributed by atoms with E-state index in [0.29, 0.717) is 16.7 Å². The Kier molecular flexibility index (Phi) is 5.09. The summed E-state index contributed by atoms with van der Waals surface area (Å²) in [6.45, 7) is 6.49. The maximum Gasteiger partial charge on any atom is 0.230 e. The Hall–Kier alpha value is -2.71. The molecule has 164 valence electrons. The summed E-state index contributed by atoms with van der Waals surface area (Å²) >= 11 is 4.87. The molecular formula is C24H23BrN4O2S. The molecule has 1 unspecified atom stereocenters. The highest BCUT2D eigenvalue weighted by molar-refractivity contribution is 9.10. The Morgan fingerprint density at radius 1 is 1.22 bits per heavy atom. The van der Waals surface area contributed by atoms with Gasteiger partial charge in [0.2, 0.25) is 11.0 Å². The van der Waals surface area contributed by atoms with Crippen LogP contribution in [0.4, 0.5) is 10.8 Å². The first kappa shape index (κ1) is 21.2. The highest BCUT2D eigenvalue weighted by Crippen LogP contribution is 2.52. The predicted molar refractivity (Wildman–Crippen MR) is 132 cm³/mol. The van der Waals surface area contributed by atoms with Gasteiger partial charge >= 0.3 is 0 Å². The number of aromatic hydroxyl groups is 1. The Bertz CT molecular complexity index is 1350. The number of azo groups is 1. The number of benzene rings is 2. The molecule has 1 N–H and O–H groups in total. The zero-order valence-corrected chi connectivity index (χ0v) is 20.7. The molecule has 2 aromatic heterocycles. The summed E-state index contributed by atoms with van der Waals surface area (Å²) in [5.74, 6) is 1.21. The number of methoxy groups -OCH3 is 1. The normalized spacial score (nSPS) is 17.3. The Balaban J connectivity index is 1.61. The lowest BCUT2D eigenvalue weighted by molar-refractivity contribution is 0.267. The third kappa shape index (κ3) is 3.42. The summed E-state index contributed by atoms with van der Waals surface area (Å²) in [5, 5.41) is 23.4. The van der Waals surface area contributed by atoms with Crippen molar-refractivity contribution in [2.24, 2.45) is 10.2 Å². The molecule has 1 atom stereocenters. The van der Waals surface area contributed by atoms with E-state index in [1.807, 2.05) is 40.3 Å². The van der Waals surface area contributed by atoms with Crippen LogP contribution in [0.3, 0.4) is 0 Å². The lowest BCUT2D eigenvalue weighted by Crippen LogP contribution is -2.31. The molecule has 2 aromatic carbocycles. The molecule has 0 fully saturated rings. The van der Waals surface area contributed by atoms with Gasteiger partial charge in [0.05, 0.1) is 18.3 Å². The molecule has 0 bridgehead atoms. The van der Waals surface area contributed by atoms with Gasteiger partial charge in [0, 0.05) is 26.3 Å². The third-order valence-corrected chi connectivity index (χ3v) is 7.31. The van der Waals surface area contributed by atoms with Gasteiger partial charge in [-0.1, -0.05) is 35.0 Å². The largest absolute Gasteiger partial charge is 0.497 e. The fraction of sp³-hybridized carbons (Fsp3) is 0.292. The quantitative estimate of drug-likeness (QED) is 0.283. The van der Waals surface area contributed by atoms with Crippen LogP contribution in [0.5, 0.6) is 11.6 Å². The molecule has 1 aliphatic rings. The van der Waals surface area contributed by atoms with Crippen molar-refractivity contribution >= 4 is 49.0 Å². The van der Waals surface area contributed by atoms with Gasteiger partial charge in [0.15, 0.2) is 5.69 Å². The van der Waals surface area contributed by atoms with Crippen molar-refractivity contribution < 1.29 is 9.84 Å². The first-order valence-corrected chi connectivity index (χ1v) is 12.0. The summed E-state index contributed by atoms with van der Waals surface area (Å²) in [6.07, 6.45) is 0.907. The SMILES string of the molecule is COc1cc2c3c(c1)c(N=Nc1nc(-c4ccc(Br)cc4)cs1)c(O)n3C(C)(C)CC2C. The number of rotatable bonds is 4. The molecule has 0 saturated heterocycles. The first-order chi connectivity index (χ1) is 15.3. The lowest BCUT2D eigenvalue weighted by Gasteiger charge is -2.36. The van der Waals surface area contributed by atoms with E-state index in [1.54, 1.807) is 7.11 Å². The van der Waals surface area contributed by atoms with E-state index in [1.165, 1.54) is 11.3 Å². The van der Waals surface area contributed by atoms with Gasteiger partial charge in [-0.15, -0.1) is 21.6 Å². The highest BCUT2D eigenvalue weighted by Gasteiger charge is 2.37. The van der Waals surface area contributed by atoms with Crippen LogP contribution >= 0.6 is 27.3 Å². The molecule has 0 radical (unpaired) electrons. The second-order valence-electron chi connectivity index (χ2n) is 8.76. The minimum atomic E-state index is -0.243. The molecule has 8 heteroatoms. The molecule has 32 heavy (non-hydrogen) atoms. The van der Waals surface area contributed by atoms with Crippen LogP contribution < -0.4 is 4.74 Å². The summed E-state index contributed by atoms with van der Waals surface area (Å²) in [4.78, 5) is 4.60. The molecule has 0 saturated carbocycles. The van der Waals surface area contributed by atoms with Crippen molar-refractivity contribution in [2.45, 2.75) is 38.6 Å². The monoisotopic (exact) mass is 510 g/mol. The van der Waals surface area contributed by atoms with Gasteiger partial charge in [-0.3, -0.25) is 0 Å². The highest BCUT2D eigenvalue weighted by atomic mass is 79.9. The van der Waals surface area contributed by atoms with Gasteiger partial charge < -0.3 is 14.4 Å². The Morgan fingerprint density at radius 2 is 1.97 bits per heavy atom. The van der Waals surface area contributed by atoms with Crippen LogP contribution in [-0.2, 0) is 5.54 Å². The lowest BCUT2D eigenvalue weighted by atomic mass is 9.82. The van der Waals surface area contributed by atoms with E-state index in [0.717, 1.165) is 44.4 Å². The zero-order valence-electron chi connectivity index (χ0n) is 18.3. The number of hydrogen-bond acceptors (Lipinski definition) is 6. The number of thiazole rings is 1. The topological polar surface area (TPSA) is 72.0 Å². The second kappa shape index (κ2) is 7.71. The standard InChI is InChI=1S/C24H23BrN4O2S/c1-13-11-24(2,3)29-21-17(13)9-16(31-4)10-18(21)20(22(29)30)27-28-23-26-19(12-32-23)14-5-7-15(25)8-6-14/h5-10,12-13,30H,11H2,1-4H3. The molecule has 1 aliphatic heterocycles. The van der Waals surface area contributed by atoms with Gasteiger partial charge in [0.1, 0.15) is 5.75 Å². The summed E-state index contributed by atoms with van der Waals surface area (Å²) in [7, 11) is 1.66. The molecule has 0 amide bonds. The fourth-order valence-electron chi connectivity index (χ4n) is 4.68. The first-order valence-electron chi connectivity index (χ1n) is 10.4. The van der Waals surface area contributed by atoms with Crippen LogP contribution in [0.25, 0.3) is 22.2 Å². The number of aromatic nitrogens is 2. The maximum absolute atomic E-state index is 11.2. The van der Waals surface area contributed by atoms with Crippen molar-refractivity contribution in [3.63, 3.8) is 0 Å². The Morgan fingerprint density at radius 3 is 2.69 bits per heavy atom. The summed E-state index contributed by atoms with van der Waals surface area (Å²) < 4.78 is 8.55. The van der Waals surface area contributed by atoms with E-state index in [-0.39, 0.29) is 11.4 Å². The minimum Gasteiger partial charge on any atom is -0.497 e. The molecule has 3 heterocycles. The van der Waals surface area contributed by atoms with Crippen molar-refractivity contribution in [2.75, 3.05) is 7.11 Å². The van der Waals surface area contributed by atoms with E-state index in [9.17, 15) is 5.11 Å². The molecule has 0 spiro atoms. The van der Waals surface area contributed by atoms with E-state index in [4.69, 9.17) is 4.74 Å². The number of nitrogens with zero attached hydrogens (tertiary/aromatic N) is 4. The van der Waals surface area contributed by atoms with Crippen LogP contribution in [0, 0.1) is 0 Å².